The summed E-state index contributed by atoms with van der Waals surface area (Å²) in [5, 5.41) is 8.87. The Morgan fingerprint density at radius 2 is 1.72 bits per heavy atom. The molecule has 0 fully saturated rings. The third-order valence-electron chi connectivity index (χ3n) is 2.05. The second-order valence-electron chi connectivity index (χ2n) is 3.74. The van der Waals surface area contributed by atoms with Crippen LogP contribution in [0.25, 0.3) is 0 Å². The highest BCUT2D eigenvalue weighted by Crippen LogP contribution is 2.17. The molecule has 18 heavy (non-hydrogen) atoms. The quantitative estimate of drug-likeness (QED) is 0.385. The van der Waals surface area contributed by atoms with E-state index >= 15 is 0 Å². The topological polar surface area (TPSA) is 57.6 Å². The maximum atomic E-state index is 13.4. The predicted octanol–water partition coefficient (Wildman–Crippen LogP) is 1.68. The van der Waals surface area contributed by atoms with Crippen molar-refractivity contribution < 1.29 is 23.5 Å². The van der Waals surface area contributed by atoms with Crippen molar-refractivity contribution in [3.05, 3.63) is 47.2 Å². The Bertz CT molecular complexity index is 504. The minimum Gasteiger partial charge on any atom is -0.477 e. The van der Waals surface area contributed by atoms with Crippen LogP contribution in [0.1, 0.15) is 10.4 Å². The number of Topliss-reactive ketones (excluding diaryl/α,β-unsaturated/α-hetero) is 1. The molecule has 0 saturated carbocycles. The van der Waals surface area contributed by atoms with Gasteiger partial charge in [-0.25, -0.2) is 13.6 Å². The van der Waals surface area contributed by atoms with Gasteiger partial charge in [0.25, 0.3) is 0 Å². The van der Waals surface area contributed by atoms with Gasteiger partial charge in [0, 0.05) is 20.3 Å². The standard InChI is InChI=1S/C12H11F2NO3/c1-15(2)6-7(12(17)18)11(16)10-8(13)4-3-5-9(10)14/h3-6H,1-2H3,(H,17,18)/b7-6-. The van der Waals surface area contributed by atoms with Crippen molar-refractivity contribution in [2.24, 2.45) is 0 Å². The Hall–Kier alpha value is -2.24. The van der Waals surface area contributed by atoms with Crippen LogP contribution in [0.2, 0.25) is 0 Å². The van der Waals surface area contributed by atoms with E-state index < -0.39 is 34.5 Å². The van der Waals surface area contributed by atoms with E-state index in [-0.39, 0.29) is 0 Å². The summed E-state index contributed by atoms with van der Waals surface area (Å²) in [6.07, 6.45) is 0.997. The van der Waals surface area contributed by atoms with Crippen molar-refractivity contribution in [2.45, 2.75) is 0 Å². The van der Waals surface area contributed by atoms with Crippen molar-refractivity contribution in [1.29, 1.82) is 0 Å². The fraction of sp³-hybridized carbons (Fsp3) is 0.167. The smallest absolute Gasteiger partial charge is 0.341 e. The maximum Gasteiger partial charge on any atom is 0.341 e. The lowest BCUT2D eigenvalue weighted by atomic mass is 10.0. The van der Waals surface area contributed by atoms with Crippen molar-refractivity contribution in [3.8, 4) is 0 Å². The predicted molar refractivity (Wildman–Crippen MR) is 60.1 cm³/mol. The van der Waals surface area contributed by atoms with Gasteiger partial charge in [-0.05, 0) is 12.1 Å². The first-order chi connectivity index (χ1) is 8.34. The minimum atomic E-state index is -1.55. The van der Waals surface area contributed by atoms with E-state index in [2.05, 4.69) is 0 Å². The molecular weight excluding hydrogens is 244 g/mol. The van der Waals surface area contributed by atoms with Crippen LogP contribution in [0.5, 0.6) is 0 Å². The fourth-order valence-corrected chi connectivity index (χ4v) is 1.32. The van der Waals surface area contributed by atoms with E-state index in [0.29, 0.717) is 0 Å². The summed E-state index contributed by atoms with van der Waals surface area (Å²) in [5.41, 5.74) is -1.57. The molecule has 0 saturated heterocycles. The number of ketones is 1. The molecule has 6 heteroatoms. The molecule has 1 N–H and O–H groups in total. The first-order valence-electron chi connectivity index (χ1n) is 4.95. The minimum absolute atomic E-state index is 0.705. The fourth-order valence-electron chi connectivity index (χ4n) is 1.32. The summed E-state index contributed by atoms with van der Waals surface area (Å²) in [6, 6.07) is 2.88. The second kappa shape index (κ2) is 5.39. The highest BCUT2D eigenvalue weighted by Gasteiger charge is 2.25. The van der Waals surface area contributed by atoms with E-state index in [9.17, 15) is 18.4 Å². The number of rotatable bonds is 4. The lowest BCUT2D eigenvalue weighted by Gasteiger charge is -2.09. The number of nitrogens with zero attached hydrogens (tertiary/aromatic N) is 1. The normalized spacial score (nSPS) is 11.2. The van der Waals surface area contributed by atoms with E-state index in [4.69, 9.17) is 5.11 Å². The number of hydrogen-bond acceptors (Lipinski definition) is 3. The largest absolute Gasteiger partial charge is 0.477 e. The number of carbonyl (C=O) groups excluding carboxylic acids is 1. The molecular formula is C12H11F2NO3. The Balaban J connectivity index is 3.32. The molecule has 0 unspecified atom stereocenters. The summed E-state index contributed by atoms with van der Waals surface area (Å²) in [7, 11) is 2.99. The molecule has 4 nitrogen and oxygen atoms in total. The van der Waals surface area contributed by atoms with Crippen molar-refractivity contribution in [2.75, 3.05) is 14.1 Å². The zero-order valence-corrected chi connectivity index (χ0v) is 9.78. The summed E-state index contributed by atoms with van der Waals surface area (Å²) in [5.74, 6) is -4.93. The van der Waals surface area contributed by atoms with Gasteiger partial charge in [0.1, 0.15) is 17.2 Å². The molecule has 0 radical (unpaired) electrons. The van der Waals surface area contributed by atoms with Crippen molar-refractivity contribution in [1.82, 2.24) is 4.90 Å². The summed E-state index contributed by atoms with van der Waals surface area (Å²) in [6.45, 7) is 0. The van der Waals surface area contributed by atoms with Crippen LogP contribution in [0.3, 0.4) is 0 Å². The van der Waals surface area contributed by atoms with Gasteiger partial charge in [-0.2, -0.15) is 0 Å². The zero-order chi connectivity index (χ0) is 13.9. The highest BCUT2D eigenvalue weighted by atomic mass is 19.1. The van der Waals surface area contributed by atoms with E-state index in [1.54, 1.807) is 0 Å². The summed E-state index contributed by atoms with van der Waals surface area (Å²) in [4.78, 5) is 24.0. The molecule has 1 aromatic carbocycles. The molecule has 0 aliphatic heterocycles. The molecule has 0 aliphatic rings. The summed E-state index contributed by atoms with van der Waals surface area (Å²) >= 11 is 0. The molecule has 0 amide bonds. The number of aliphatic carboxylic acids is 1. The van der Waals surface area contributed by atoms with E-state index in [1.807, 2.05) is 0 Å². The van der Waals surface area contributed by atoms with Crippen molar-refractivity contribution in [3.63, 3.8) is 0 Å². The molecule has 96 valence electrons. The van der Waals surface area contributed by atoms with Crippen molar-refractivity contribution >= 4 is 11.8 Å². The van der Waals surface area contributed by atoms with Crippen LogP contribution in [0.4, 0.5) is 8.78 Å². The van der Waals surface area contributed by atoms with Crippen LogP contribution in [-0.2, 0) is 4.79 Å². The number of benzene rings is 1. The Morgan fingerprint density at radius 3 is 2.11 bits per heavy atom. The number of halogens is 2. The Kier molecular flexibility index (Phi) is 4.14. The van der Waals surface area contributed by atoms with E-state index in [1.165, 1.54) is 19.0 Å². The SMILES string of the molecule is CN(C)/C=C(\C(=O)O)C(=O)c1c(F)cccc1F. The number of carboxylic acids is 1. The Morgan fingerprint density at radius 1 is 1.22 bits per heavy atom. The van der Waals surface area contributed by atoms with Crippen LogP contribution >= 0.6 is 0 Å². The molecule has 0 heterocycles. The zero-order valence-electron chi connectivity index (χ0n) is 9.78. The van der Waals surface area contributed by atoms with Gasteiger partial charge in [0.2, 0.25) is 5.78 Å². The highest BCUT2D eigenvalue weighted by molar-refractivity contribution is 6.23. The molecule has 1 aromatic rings. The van der Waals surface area contributed by atoms with E-state index in [0.717, 1.165) is 24.4 Å². The van der Waals surface area contributed by atoms with Crippen LogP contribution < -0.4 is 0 Å². The van der Waals surface area contributed by atoms with Gasteiger partial charge in [0.05, 0.1) is 5.56 Å². The third kappa shape index (κ3) is 2.91. The molecule has 0 aromatic heterocycles. The molecule has 0 bridgehead atoms. The average Bonchev–Trinajstić information content (AvgIpc) is 2.24. The van der Waals surface area contributed by atoms with Gasteiger partial charge < -0.3 is 10.0 Å². The Labute approximate surface area is 102 Å². The molecule has 0 spiro atoms. The monoisotopic (exact) mass is 255 g/mol. The molecule has 1 rings (SSSR count). The van der Waals surface area contributed by atoms with Gasteiger partial charge >= 0.3 is 5.97 Å². The van der Waals surface area contributed by atoms with Gasteiger partial charge in [-0.3, -0.25) is 4.79 Å². The lowest BCUT2D eigenvalue weighted by Crippen LogP contribution is -2.18. The number of carbonyl (C=O) groups is 2. The maximum absolute atomic E-state index is 13.4. The third-order valence-corrected chi connectivity index (χ3v) is 2.05. The van der Waals surface area contributed by atoms with Gasteiger partial charge in [-0.1, -0.05) is 6.07 Å². The number of hydrogen-bond donors (Lipinski definition) is 1. The molecule has 0 atom stereocenters. The number of carboxylic acid groups (broad SMARTS) is 1. The van der Waals surface area contributed by atoms with Gasteiger partial charge in [-0.15, -0.1) is 0 Å². The molecule has 0 aliphatic carbocycles. The van der Waals surface area contributed by atoms with Crippen LogP contribution in [0, 0.1) is 11.6 Å². The van der Waals surface area contributed by atoms with Crippen LogP contribution in [-0.4, -0.2) is 35.9 Å². The lowest BCUT2D eigenvalue weighted by molar-refractivity contribution is -0.132. The first kappa shape index (κ1) is 13.8. The summed E-state index contributed by atoms with van der Waals surface area (Å²) < 4.78 is 26.7. The average molecular weight is 255 g/mol. The first-order valence-corrected chi connectivity index (χ1v) is 4.95. The second-order valence-corrected chi connectivity index (χ2v) is 3.74. The van der Waals surface area contributed by atoms with Crippen LogP contribution in [0.15, 0.2) is 30.0 Å². The van der Waals surface area contributed by atoms with Gasteiger partial charge in [0.15, 0.2) is 0 Å².